The maximum Gasteiger partial charge on any atom is 0.411 e. The Morgan fingerprint density at radius 1 is 1.28 bits per heavy atom. The summed E-state index contributed by atoms with van der Waals surface area (Å²) in [7, 11) is 0. The van der Waals surface area contributed by atoms with Gasteiger partial charge in [-0.25, -0.2) is 0 Å². The fraction of sp³-hybridized carbons (Fsp3) is 0.737. The number of piperidine rings is 1. The fourth-order valence-corrected chi connectivity index (χ4v) is 3.18. The van der Waals surface area contributed by atoms with Crippen LogP contribution in [0.3, 0.4) is 0 Å². The number of ether oxygens (including phenoxy) is 1. The summed E-state index contributed by atoms with van der Waals surface area (Å²) < 4.78 is 46.4. The van der Waals surface area contributed by atoms with Crippen LogP contribution in [0.5, 0.6) is 0 Å². The van der Waals surface area contributed by atoms with Gasteiger partial charge in [0.15, 0.2) is 5.96 Å². The lowest BCUT2D eigenvalue weighted by atomic mass is 10.1. The molecule has 10 heteroatoms. The molecule has 1 aliphatic heterocycles. The zero-order valence-electron chi connectivity index (χ0n) is 16.8. The molecule has 0 spiro atoms. The SMILES string of the molecule is CCNC(=NCC(c1ccco1)N1CCCCC1)NCCCOCC(F)(F)F.I. The number of hydrogen-bond donors (Lipinski definition) is 2. The van der Waals surface area contributed by atoms with Crippen LogP contribution in [0.1, 0.15) is 44.4 Å². The number of rotatable bonds is 10. The van der Waals surface area contributed by atoms with Crippen LogP contribution in [0.2, 0.25) is 0 Å². The molecule has 168 valence electrons. The van der Waals surface area contributed by atoms with Crippen LogP contribution in [0.25, 0.3) is 0 Å². The Balaban J connectivity index is 0.00000420. The highest BCUT2D eigenvalue weighted by molar-refractivity contribution is 14.0. The van der Waals surface area contributed by atoms with E-state index in [1.807, 2.05) is 19.1 Å². The van der Waals surface area contributed by atoms with Crippen molar-refractivity contribution in [2.75, 3.05) is 45.9 Å². The van der Waals surface area contributed by atoms with Gasteiger partial charge in [0.2, 0.25) is 0 Å². The summed E-state index contributed by atoms with van der Waals surface area (Å²) in [6, 6.07) is 3.95. The molecule has 0 aliphatic carbocycles. The van der Waals surface area contributed by atoms with Gasteiger partial charge < -0.3 is 19.8 Å². The largest absolute Gasteiger partial charge is 0.468 e. The van der Waals surface area contributed by atoms with Crippen molar-refractivity contribution >= 4 is 29.9 Å². The van der Waals surface area contributed by atoms with E-state index in [-0.39, 0.29) is 36.6 Å². The normalized spacial score (nSPS) is 16.9. The van der Waals surface area contributed by atoms with Crippen molar-refractivity contribution in [3.63, 3.8) is 0 Å². The summed E-state index contributed by atoms with van der Waals surface area (Å²) in [5.74, 6) is 1.55. The topological polar surface area (TPSA) is 62.0 Å². The highest BCUT2D eigenvalue weighted by Crippen LogP contribution is 2.25. The van der Waals surface area contributed by atoms with Gasteiger partial charge in [0.25, 0.3) is 0 Å². The van der Waals surface area contributed by atoms with Gasteiger partial charge in [-0.05, 0) is 51.4 Å². The van der Waals surface area contributed by atoms with E-state index >= 15 is 0 Å². The molecule has 2 N–H and O–H groups in total. The number of nitrogens with zero attached hydrogens (tertiary/aromatic N) is 2. The van der Waals surface area contributed by atoms with Crippen LogP contribution in [-0.4, -0.2) is 63.0 Å². The van der Waals surface area contributed by atoms with Gasteiger partial charge in [0, 0.05) is 19.7 Å². The Kier molecular flexibility index (Phi) is 12.6. The molecule has 1 fully saturated rings. The molecule has 1 aromatic heterocycles. The summed E-state index contributed by atoms with van der Waals surface area (Å²) in [5, 5.41) is 6.32. The summed E-state index contributed by atoms with van der Waals surface area (Å²) in [6.45, 7) is 4.61. The molecule has 6 nitrogen and oxygen atoms in total. The summed E-state index contributed by atoms with van der Waals surface area (Å²) in [5.41, 5.74) is 0. The minimum absolute atomic E-state index is 0. The van der Waals surface area contributed by atoms with Crippen molar-refractivity contribution in [3.05, 3.63) is 24.2 Å². The van der Waals surface area contributed by atoms with Crippen molar-refractivity contribution in [2.24, 2.45) is 4.99 Å². The Morgan fingerprint density at radius 3 is 2.66 bits per heavy atom. The van der Waals surface area contributed by atoms with E-state index in [0.717, 1.165) is 18.8 Å². The Morgan fingerprint density at radius 2 is 2.03 bits per heavy atom. The third-order valence-corrected chi connectivity index (χ3v) is 4.49. The monoisotopic (exact) mass is 532 g/mol. The minimum Gasteiger partial charge on any atom is -0.468 e. The molecule has 0 saturated carbocycles. The lowest BCUT2D eigenvalue weighted by Gasteiger charge is -2.32. The first kappa shape index (κ1) is 26.0. The highest BCUT2D eigenvalue weighted by Gasteiger charge is 2.27. The summed E-state index contributed by atoms with van der Waals surface area (Å²) >= 11 is 0. The number of guanidine groups is 1. The molecular weight excluding hydrogens is 500 g/mol. The van der Waals surface area contributed by atoms with Crippen LogP contribution in [-0.2, 0) is 4.74 Å². The fourth-order valence-electron chi connectivity index (χ4n) is 3.18. The van der Waals surface area contributed by atoms with E-state index in [2.05, 4.69) is 25.3 Å². The van der Waals surface area contributed by atoms with Gasteiger partial charge in [0.1, 0.15) is 12.4 Å². The third-order valence-electron chi connectivity index (χ3n) is 4.49. The maximum atomic E-state index is 12.1. The molecule has 0 amide bonds. The Bertz CT molecular complexity index is 564. The van der Waals surface area contributed by atoms with Crippen LogP contribution >= 0.6 is 24.0 Å². The summed E-state index contributed by atoms with van der Waals surface area (Å²) in [4.78, 5) is 7.08. The highest BCUT2D eigenvalue weighted by atomic mass is 127. The lowest BCUT2D eigenvalue weighted by molar-refractivity contribution is -0.173. The first-order valence-electron chi connectivity index (χ1n) is 9.93. The van der Waals surface area contributed by atoms with Crippen LogP contribution in [0, 0.1) is 0 Å². The average molecular weight is 532 g/mol. The van der Waals surface area contributed by atoms with Crippen molar-refractivity contribution < 1.29 is 22.3 Å². The molecule has 0 bridgehead atoms. The van der Waals surface area contributed by atoms with Crippen LogP contribution < -0.4 is 10.6 Å². The standard InChI is InChI=1S/C19H31F3N4O2.HI/c1-2-23-18(24-9-7-12-27-15-19(20,21)22)25-14-16(17-8-6-13-28-17)26-10-4-3-5-11-26;/h6,8,13,16H,2-5,7,9-12,14-15H2,1H3,(H2,23,24,25);1H. The molecule has 2 rings (SSSR count). The number of hydrogen-bond acceptors (Lipinski definition) is 4. The Labute approximate surface area is 187 Å². The second-order valence-corrected chi connectivity index (χ2v) is 6.80. The van der Waals surface area contributed by atoms with E-state index in [0.29, 0.717) is 32.0 Å². The lowest BCUT2D eigenvalue weighted by Crippen LogP contribution is -2.40. The van der Waals surface area contributed by atoms with Gasteiger partial charge in [-0.1, -0.05) is 6.42 Å². The van der Waals surface area contributed by atoms with E-state index in [1.54, 1.807) is 6.26 Å². The van der Waals surface area contributed by atoms with Gasteiger partial charge in [-0.3, -0.25) is 9.89 Å². The van der Waals surface area contributed by atoms with Gasteiger partial charge in [0.05, 0.1) is 18.8 Å². The molecule has 1 aliphatic rings. The molecule has 1 aromatic rings. The molecule has 1 atom stereocenters. The van der Waals surface area contributed by atoms with Crippen LogP contribution in [0.4, 0.5) is 13.2 Å². The molecule has 2 heterocycles. The number of likely N-dealkylation sites (tertiary alicyclic amines) is 1. The predicted molar refractivity (Wildman–Crippen MR) is 118 cm³/mol. The number of nitrogens with one attached hydrogen (secondary N) is 2. The first-order valence-corrected chi connectivity index (χ1v) is 9.93. The predicted octanol–water partition coefficient (Wildman–Crippen LogP) is 3.95. The number of aliphatic imine (C=N–C) groups is 1. The van der Waals surface area contributed by atoms with Crippen molar-refractivity contribution in [2.45, 2.75) is 44.8 Å². The number of halogens is 4. The van der Waals surface area contributed by atoms with E-state index in [9.17, 15) is 13.2 Å². The Hall–Kier alpha value is -1.01. The van der Waals surface area contributed by atoms with E-state index in [1.165, 1.54) is 19.3 Å². The van der Waals surface area contributed by atoms with Crippen LogP contribution in [0.15, 0.2) is 27.8 Å². The quantitative estimate of drug-likeness (QED) is 0.207. The van der Waals surface area contributed by atoms with E-state index < -0.39 is 12.8 Å². The molecular formula is C19H32F3IN4O2. The van der Waals surface area contributed by atoms with E-state index in [4.69, 9.17) is 4.42 Å². The van der Waals surface area contributed by atoms with Crippen molar-refractivity contribution in [1.29, 1.82) is 0 Å². The second-order valence-electron chi connectivity index (χ2n) is 6.80. The number of alkyl halides is 3. The molecule has 1 saturated heterocycles. The first-order chi connectivity index (χ1) is 13.5. The zero-order chi connectivity index (χ0) is 20.2. The van der Waals surface area contributed by atoms with Crippen molar-refractivity contribution in [3.8, 4) is 0 Å². The second kappa shape index (κ2) is 14.1. The van der Waals surface area contributed by atoms with Gasteiger partial charge in [-0.2, -0.15) is 13.2 Å². The molecule has 0 radical (unpaired) electrons. The van der Waals surface area contributed by atoms with Gasteiger partial charge in [-0.15, -0.1) is 24.0 Å². The number of furan rings is 1. The molecule has 1 unspecified atom stereocenters. The minimum atomic E-state index is -4.28. The average Bonchev–Trinajstić information content (AvgIpc) is 3.19. The van der Waals surface area contributed by atoms with Gasteiger partial charge >= 0.3 is 6.18 Å². The zero-order valence-corrected chi connectivity index (χ0v) is 19.2. The maximum absolute atomic E-state index is 12.1. The molecule has 0 aromatic carbocycles. The smallest absolute Gasteiger partial charge is 0.411 e. The molecule has 29 heavy (non-hydrogen) atoms. The third kappa shape index (κ3) is 10.5. The summed E-state index contributed by atoms with van der Waals surface area (Å²) in [6.07, 6.45) is 1.48. The van der Waals surface area contributed by atoms with Crippen molar-refractivity contribution in [1.82, 2.24) is 15.5 Å².